The summed E-state index contributed by atoms with van der Waals surface area (Å²) in [6, 6.07) is 7.10. The van der Waals surface area contributed by atoms with Crippen molar-refractivity contribution < 1.29 is 14.3 Å². The highest BCUT2D eigenvalue weighted by molar-refractivity contribution is 5.92. The van der Waals surface area contributed by atoms with Crippen molar-refractivity contribution in [2.45, 2.75) is 38.6 Å². The second kappa shape index (κ2) is 5.53. The Bertz CT molecular complexity index is 504. The highest BCUT2D eigenvalue weighted by atomic mass is 16.5. The van der Waals surface area contributed by atoms with Crippen LogP contribution in [0.4, 0.5) is 5.69 Å². The number of esters is 1. The van der Waals surface area contributed by atoms with Crippen LogP contribution in [0.2, 0.25) is 0 Å². The van der Waals surface area contributed by atoms with Gasteiger partial charge < -0.3 is 15.8 Å². The molecule has 0 atom stereocenters. The Hall–Kier alpha value is -2.04. The quantitative estimate of drug-likeness (QED) is 0.647. The molecule has 5 heteroatoms. The molecule has 0 aliphatic rings. The van der Waals surface area contributed by atoms with Crippen LogP contribution < -0.4 is 11.1 Å². The van der Waals surface area contributed by atoms with Crippen LogP contribution in [0.15, 0.2) is 24.3 Å². The molecular weight excluding hydrogens is 256 g/mol. The molecule has 0 aliphatic carbocycles. The molecule has 0 aromatic heterocycles. The van der Waals surface area contributed by atoms with E-state index in [-0.39, 0.29) is 5.91 Å². The summed E-state index contributed by atoms with van der Waals surface area (Å²) in [6.45, 7) is 6.80. The van der Waals surface area contributed by atoms with Crippen molar-refractivity contribution in [1.29, 1.82) is 0 Å². The molecule has 0 spiro atoms. The van der Waals surface area contributed by atoms with Crippen LogP contribution in [-0.2, 0) is 19.7 Å². The van der Waals surface area contributed by atoms with E-state index in [9.17, 15) is 9.59 Å². The number of carbonyl (C=O) groups excluding carboxylic acids is 2. The van der Waals surface area contributed by atoms with E-state index in [1.807, 2.05) is 0 Å². The third-order valence-electron chi connectivity index (χ3n) is 3.32. The topological polar surface area (TPSA) is 81.4 Å². The van der Waals surface area contributed by atoms with Gasteiger partial charge in [-0.3, -0.25) is 4.79 Å². The molecule has 0 saturated carbocycles. The van der Waals surface area contributed by atoms with Gasteiger partial charge in [0.1, 0.15) is 5.54 Å². The second-order valence-corrected chi connectivity index (χ2v) is 5.82. The van der Waals surface area contributed by atoms with Crippen LogP contribution in [-0.4, -0.2) is 24.5 Å². The first-order valence-corrected chi connectivity index (χ1v) is 6.38. The van der Waals surface area contributed by atoms with Gasteiger partial charge in [0.25, 0.3) is 0 Å². The Morgan fingerprint density at radius 2 is 1.60 bits per heavy atom. The Morgan fingerprint density at radius 3 is 2.05 bits per heavy atom. The smallest absolute Gasteiger partial charge is 0.330 e. The Kier molecular flexibility index (Phi) is 4.43. The minimum atomic E-state index is -1.07. The molecule has 1 aromatic rings. The lowest BCUT2D eigenvalue weighted by Crippen LogP contribution is -2.55. The van der Waals surface area contributed by atoms with Gasteiger partial charge in [0.05, 0.1) is 12.5 Å². The first kappa shape index (κ1) is 16.0. The summed E-state index contributed by atoms with van der Waals surface area (Å²) in [7, 11) is 1.29. The van der Waals surface area contributed by atoms with Crippen LogP contribution >= 0.6 is 0 Å². The van der Waals surface area contributed by atoms with Crippen molar-refractivity contribution in [2.24, 2.45) is 0 Å². The normalized spacial score (nSPS) is 11.8. The lowest BCUT2D eigenvalue weighted by atomic mass is 9.83. The summed E-state index contributed by atoms with van der Waals surface area (Å²) in [4.78, 5) is 24.1. The van der Waals surface area contributed by atoms with Crippen LogP contribution in [0.3, 0.4) is 0 Å². The van der Waals surface area contributed by atoms with Gasteiger partial charge >= 0.3 is 5.97 Å². The number of benzene rings is 1. The van der Waals surface area contributed by atoms with E-state index in [1.165, 1.54) is 7.11 Å². The number of carbonyl (C=O) groups is 2. The van der Waals surface area contributed by atoms with Gasteiger partial charge in [0.15, 0.2) is 0 Å². The minimum Gasteiger partial charge on any atom is -0.467 e. The van der Waals surface area contributed by atoms with Gasteiger partial charge in [-0.15, -0.1) is 0 Å². The summed E-state index contributed by atoms with van der Waals surface area (Å²) < 4.78 is 4.68. The first-order valence-electron chi connectivity index (χ1n) is 6.38. The number of nitrogens with two attached hydrogens (primary N) is 1. The molecule has 0 unspecified atom stereocenters. The van der Waals surface area contributed by atoms with Crippen molar-refractivity contribution in [3.8, 4) is 0 Å². The zero-order valence-corrected chi connectivity index (χ0v) is 12.6. The van der Waals surface area contributed by atoms with E-state index >= 15 is 0 Å². The van der Waals surface area contributed by atoms with Crippen molar-refractivity contribution in [1.82, 2.24) is 5.32 Å². The van der Waals surface area contributed by atoms with Gasteiger partial charge in [-0.05, 0) is 45.4 Å². The van der Waals surface area contributed by atoms with Crippen molar-refractivity contribution in [2.75, 3.05) is 12.8 Å². The number of nitrogen functional groups attached to an aromatic ring is 1. The molecule has 3 N–H and O–H groups in total. The maximum absolute atomic E-state index is 12.4. The van der Waals surface area contributed by atoms with E-state index in [4.69, 9.17) is 5.73 Å². The van der Waals surface area contributed by atoms with Gasteiger partial charge in [-0.2, -0.15) is 0 Å². The van der Waals surface area contributed by atoms with Gasteiger partial charge in [0.2, 0.25) is 5.91 Å². The summed E-state index contributed by atoms with van der Waals surface area (Å²) in [6.07, 6.45) is 0. The maximum Gasteiger partial charge on any atom is 0.330 e. The standard InChI is InChI=1S/C15H22N2O3/c1-14(2,10-6-8-11(16)9-7-10)12(18)17-15(3,4)13(19)20-5/h6-9H,16H2,1-5H3,(H,17,18). The Balaban J connectivity index is 2.95. The van der Waals surface area contributed by atoms with Crippen LogP contribution in [0.1, 0.15) is 33.3 Å². The van der Waals surface area contributed by atoms with Crippen LogP contribution in [0.5, 0.6) is 0 Å². The molecule has 0 heterocycles. The Morgan fingerprint density at radius 1 is 1.10 bits per heavy atom. The minimum absolute atomic E-state index is 0.252. The van der Waals surface area contributed by atoms with E-state index in [0.29, 0.717) is 5.69 Å². The average molecular weight is 278 g/mol. The molecule has 1 amide bonds. The Labute approximate surface area is 119 Å². The third-order valence-corrected chi connectivity index (χ3v) is 3.32. The number of ether oxygens (including phenoxy) is 1. The lowest BCUT2D eigenvalue weighted by molar-refractivity contribution is -0.150. The summed E-state index contributed by atoms with van der Waals surface area (Å²) in [5.41, 5.74) is 5.26. The predicted molar refractivity (Wildman–Crippen MR) is 78.1 cm³/mol. The molecule has 5 nitrogen and oxygen atoms in total. The summed E-state index contributed by atoms with van der Waals surface area (Å²) in [5, 5.41) is 2.72. The van der Waals surface area contributed by atoms with Crippen molar-refractivity contribution in [3.05, 3.63) is 29.8 Å². The first-order chi connectivity index (χ1) is 9.11. The van der Waals surface area contributed by atoms with Crippen molar-refractivity contribution in [3.63, 3.8) is 0 Å². The molecule has 0 aliphatic heterocycles. The van der Waals surface area contributed by atoms with E-state index in [0.717, 1.165) is 5.56 Å². The van der Waals surface area contributed by atoms with Gasteiger partial charge in [0, 0.05) is 5.69 Å². The number of anilines is 1. The van der Waals surface area contributed by atoms with Crippen LogP contribution in [0.25, 0.3) is 0 Å². The molecule has 110 valence electrons. The highest BCUT2D eigenvalue weighted by Crippen LogP contribution is 2.25. The van der Waals surface area contributed by atoms with Crippen LogP contribution in [0, 0.1) is 0 Å². The molecule has 0 bridgehead atoms. The fourth-order valence-electron chi connectivity index (χ4n) is 1.78. The molecule has 20 heavy (non-hydrogen) atoms. The van der Waals surface area contributed by atoms with Gasteiger partial charge in [-0.1, -0.05) is 12.1 Å². The lowest BCUT2D eigenvalue weighted by Gasteiger charge is -2.30. The average Bonchev–Trinajstić information content (AvgIpc) is 2.37. The number of rotatable bonds is 4. The maximum atomic E-state index is 12.4. The fourth-order valence-corrected chi connectivity index (χ4v) is 1.78. The summed E-state index contributed by atoms with van der Waals surface area (Å²) in [5.74, 6) is -0.739. The van der Waals surface area contributed by atoms with Crippen molar-refractivity contribution >= 4 is 17.6 Å². The molecule has 0 saturated heterocycles. The predicted octanol–water partition coefficient (Wildman–Crippen LogP) is 1.61. The van der Waals surface area contributed by atoms with Gasteiger partial charge in [-0.25, -0.2) is 4.79 Å². The molecule has 1 rings (SSSR count). The fraction of sp³-hybridized carbons (Fsp3) is 0.467. The van der Waals surface area contributed by atoms with E-state index in [2.05, 4.69) is 10.1 Å². The number of amides is 1. The number of nitrogens with one attached hydrogen (secondary N) is 1. The number of methoxy groups -OCH3 is 1. The molecule has 1 aromatic carbocycles. The second-order valence-electron chi connectivity index (χ2n) is 5.82. The van der Waals surface area contributed by atoms with E-state index in [1.54, 1.807) is 52.0 Å². The monoisotopic (exact) mass is 278 g/mol. The SMILES string of the molecule is COC(=O)C(C)(C)NC(=O)C(C)(C)c1ccc(N)cc1. The highest BCUT2D eigenvalue weighted by Gasteiger charge is 2.37. The zero-order valence-electron chi connectivity index (χ0n) is 12.6. The largest absolute Gasteiger partial charge is 0.467 e. The van der Waals surface area contributed by atoms with E-state index < -0.39 is 16.9 Å². The molecular formula is C15H22N2O3. The zero-order chi connectivity index (χ0) is 15.6. The third kappa shape index (κ3) is 3.29. The summed E-state index contributed by atoms with van der Waals surface area (Å²) >= 11 is 0. The molecule has 0 radical (unpaired) electrons. The number of hydrogen-bond donors (Lipinski definition) is 2. The number of hydrogen-bond acceptors (Lipinski definition) is 4. The molecule has 0 fully saturated rings.